The second kappa shape index (κ2) is 7.48. The highest BCUT2D eigenvalue weighted by Crippen LogP contribution is 2.24. The number of hydrogen-bond donors (Lipinski definition) is 1. The normalized spacial score (nSPS) is 12.2. The quantitative estimate of drug-likeness (QED) is 0.726. The average Bonchev–Trinajstić information content (AvgIpc) is 2.32. The van der Waals surface area contributed by atoms with Crippen molar-refractivity contribution in [2.75, 3.05) is 25.6 Å². The van der Waals surface area contributed by atoms with E-state index in [1.807, 2.05) is 0 Å². The van der Waals surface area contributed by atoms with Crippen LogP contribution in [0.15, 0.2) is 24.3 Å². The standard InChI is InChI=1S/C11H14F3NO5S/c12-11(13,14)20-10-3-1-9(2-4-10)19-6-5-18-7-8-21(15,16)17/h1-4H,5-8H2,(H2,15,16,17). The van der Waals surface area contributed by atoms with E-state index in [1.54, 1.807) is 0 Å². The number of hydrogen-bond acceptors (Lipinski definition) is 5. The van der Waals surface area contributed by atoms with Gasteiger partial charge in [-0.25, -0.2) is 13.6 Å². The zero-order chi connectivity index (χ0) is 15.9. The van der Waals surface area contributed by atoms with E-state index in [0.29, 0.717) is 5.75 Å². The monoisotopic (exact) mass is 329 g/mol. The third-order valence-corrected chi connectivity index (χ3v) is 2.80. The van der Waals surface area contributed by atoms with Gasteiger partial charge in [-0.15, -0.1) is 13.2 Å². The van der Waals surface area contributed by atoms with E-state index in [2.05, 4.69) is 4.74 Å². The second-order valence-electron chi connectivity index (χ2n) is 3.85. The highest BCUT2D eigenvalue weighted by Gasteiger charge is 2.30. The van der Waals surface area contributed by atoms with Crippen molar-refractivity contribution in [2.24, 2.45) is 5.14 Å². The molecule has 0 saturated carbocycles. The molecule has 120 valence electrons. The van der Waals surface area contributed by atoms with Crippen LogP contribution in [0.25, 0.3) is 0 Å². The molecule has 0 aliphatic rings. The predicted octanol–water partition coefficient (Wildman–Crippen LogP) is 1.27. The van der Waals surface area contributed by atoms with Crippen molar-refractivity contribution < 1.29 is 35.8 Å². The van der Waals surface area contributed by atoms with Crippen LogP contribution in [0, 0.1) is 0 Å². The van der Waals surface area contributed by atoms with Gasteiger partial charge in [0.15, 0.2) is 0 Å². The summed E-state index contributed by atoms with van der Waals surface area (Å²) in [5, 5.41) is 4.77. The molecule has 0 amide bonds. The molecule has 0 bridgehead atoms. The van der Waals surface area contributed by atoms with E-state index in [0.717, 1.165) is 12.1 Å². The van der Waals surface area contributed by atoms with Crippen molar-refractivity contribution in [1.82, 2.24) is 0 Å². The first kappa shape index (κ1) is 17.5. The van der Waals surface area contributed by atoms with Crippen molar-refractivity contribution in [2.45, 2.75) is 6.36 Å². The number of rotatable bonds is 8. The van der Waals surface area contributed by atoms with Crippen LogP contribution in [0.1, 0.15) is 0 Å². The number of nitrogens with two attached hydrogens (primary N) is 1. The van der Waals surface area contributed by atoms with Crippen LogP contribution in [-0.2, 0) is 14.8 Å². The summed E-state index contributed by atoms with van der Waals surface area (Å²) in [6.45, 7) is 0.182. The first-order valence-corrected chi connectivity index (χ1v) is 7.44. The summed E-state index contributed by atoms with van der Waals surface area (Å²) in [5.74, 6) is -0.310. The number of primary sulfonamides is 1. The molecular formula is C11H14F3NO5S. The SMILES string of the molecule is NS(=O)(=O)CCOCCOc1ccc(OC(F)(F)F)cc1. The van der Waals surface area contributed by atoms with Crippen molar-refractivity contribution in [3.05, 3.63) is 24.3 Å². The fourth-order valence-corrected chi connectivity index (χ4v) is 1.58. The summed E-state index contributed by atoms with van der Waals surface area (Å²) >= 11 is 0. The fraction of sp³-hybridized carbons (Fsp3) is 0.455. The van der Waals surface area contributed by atoms with Crippen LogP contribution < -0.4 is 14.6 Å². The van der Waals surface area contributed by atoms with Gasteiger partial charge >= 0.3 is 6.36 Å². The van der Waals surface area contributed by atoms with Gasteiger partial charge in [-0.05, 0) is 24.3 Å². The van der Waals surface area contributed by atoms with Gasteiger partial charge in [0.2, 0.25) is 10.0 Å². The molecule has 0 radical (unpaired) electrons. The Bertz CT molecular complexity index is 530. The Morgan fingerprint density at radius 3 is 2.10 bits per heavy atom. The maximum atomic E-state index is 11.9. The van der Waals surface area contributed by atoms with Crippen LogP contribution in [0.4, 0.5) is 13.2 Å². The molecule has 0 saturated heterocycles. The summed E-state index contributed by atoms with van der Waals surface area (Å²) in [6.07, 6.45) is -4.74. The van der Waals surface area contributed by atoms with Crippen LogP contribution in [0.5, 0.6) is 11.5 Å². The highest BCUT2D eigenvalue weighted by molar-refractivity contribution is 7.89. The molecule has 0 atom stereocenters. The molecular weight excluding hydrogens is 315 g/mol. The highest BCUT2D eigenvalue weighted by atomic mass is 32.2. The molecule has 10 heteroatoms. The molecule has 0 unspecified atom stereocenters. The summed E-state index contributed by atoms with van der Waals surface area (Å²) in [7, 11) is -3.55. The van der Waals surface area contributed by atoms with Crippen molar-refractivity contribution >= 4 is 10.0 Å². The smallest absolute Gasteiger partial charge is 0.491 e. The van der Waals surface area contributed by atoms with Gasteiger partial charge in [-0.2, -0.15) is 0 Å². The lowest BCUT2D eigenvalue weighted by molar-refractivity contribution is -0.274. The van der Waals surface area contributed by atoms with Crippen molar-refractivity contribution in [3.63, 3.8) is 0 Å². The molecule has 1 aromatic rings. The van der Waals surface area contributed by atoms with Gasteiger partial charge < -0.3 is 14.2 Å². The molecule has 0 aliphatic heterocycles. The summed E-state index contributed by atoms with van der Waals surface area (Å²) in [6, 6.07) is 4.85. The number of ether oxygens (including phenoxy) is 3. The first-order chi connectivity index (χ1) is 9.66. The van der Waals surface area contributed by atoms with Gasteiger partial charge in [0.1, 0.15) is 18.1 Å². The van der Waals surface area contributed by atoms with Gasteiger partial charge in [0.25, 0.3) is 0 Å². The molecule has 6 nitrogen and oxygen atoms in total. The largest absolute Gasteiger partial charge is 0.573 e. The Kier molecular flexibility index (Phi) is 6.24. The third kappa shape index (κ3) is 9.10. The molecule has 0 aliphatic carbocycles. The number of alkyl halides is 3. The minimum atomic E-state index is -4.74. The number of sulfonamides is 1. The lowest BCUT2D eigenvalue weighted by Crippen LogP contribution is -2.21. The average molecular weight is 329 g/mol. The van der Waals surface area contributed by atoms with Gasteiger partial charge in [-0.3, -0.25) is 0 Å². The molecule has 0 spiro atoms. The minimum Gasteiger partial charge on any atom is -0.491 e. The van der Waals surface area contributed by atoms with Gasteiger partial charge in [0.05, 0.1) is 19.0 Å². The van der Waals surface area contributed by atoms with Crippen LogP contribution in [-0.4, -0.2) is 40.4 Å². The molecule has 0 heterocycles. The van der Waals surface area contributed by atoms with Crippen molar-refractivity contribution in [1.29, 1.82) is 0 Å². The Balaban J connectivity index is 2.24. The Morgan fingerprint density at radius 2 is 1.57 bits per heavy atom. The third-order valence-electron chi connectivity index (χ3n) is 2.07. The zero-order valence-electron chi connectivity index (χ0n) is 10.8. The minimum absolute atomic E-state index is 0.0550. The second-order valence-corrected chi connectivity index (χ2v) is 5.58. The van der Waals surface area contributed by atoms with E-state index in [1.165, 1.54) is 12.1 Å². The summed E-state index contributed by atoms with van der Waals surface area (Å²) in [4.78, 5) is 0. The maximum Gasteiger partial charge on any atom is 0.573 e. The molecule has 1 aromatic carbocycles. The number of benzene rings is 1. The molecule has 0 fully saturated rings. The zero-order valence-corrected chi connectivity index (χ0v) is 11.6. The predicted molar refractivity (Wildman–Crippen MR) is 67.4 cm³/mol. The van der Waals surface area contributed by atoms with E-state index < -0.39 is 16.4 Å². The summed E-state index contributed by atoms with van der Waals surface area (Å²) in [5.41, 5.74) is 0. The molecule has 0 aromatic heterocycles. The van der Waals surface area contributed by atoms with E-state index in [-0.39, 0.29) is 31.3 Å². The van der Waals surface area contributed by atoms with Gasteiger partial charge in [0, 0.05) is 0 Å². The Hall–Kier alpha value is -1.52. The van der Waals surface area contributed by atoms with Crippen LogP contribution >= 0.6 is 0 Å². The molecule has 1 rings (SSSR count). The van der Waals surface area contributed by atoms with Crippen LogP contribution in [0.2, 0.25) is 0 Å². The molecule has 21 heavy (non-hydrogen) atoms. The summed E-state index contributed by atoms with van der Waals surface area (Å²) < 4.78 is 70.8. The lowest BCUT2D eigenvalue weighted by Gasteiger charge is -2.10. The lowest BCUT2D eigenvalue weighted by atomic mass is 10.3. The fourth-order valence-electron chi connectivity index (χ4n) is 1.23. The Labute approximate surface area is 119 Å². The Morgan fingerprint density at radius 1 is 1.00 bits per heavy atom. The van der Waals surface area contributed by atoms with Crippen LogP contribution in [0.3, 0.4) is 0 Å². The number of halogens is 3. The first-order valence-electron chi connectivity index (χ1n) is 5.72. The van der Waals surface area contributed by atoms with E-state index in [9.17, 15) is 21.6 Å². The molecule has 2 N–H and O–H groups in total. The van der Waals surface area contributed by atoms with Crippen molar-refractivity contribution in [3.8, 4) is 11.5 Å². The van der Waals surface area contributed by atoms with Gasteiger partial charge in [-0.1, -0.05) is 0 Å². The van der Waals surface area contributed by atoms with E-state index >= 15 is 0 Å². The van der Waals surface area contributed by atoms with E-state index in [4.69, 9.17) is 14.6 Å². The maximum absolute atomic E-state index is 11.9. The topological polar surface area (TPSA) is 87.9 Å².